The molecule has 1 rings (SSSR count). The summed E-state index contributed by atoms with van der Waals surface area (Å²) in [7, 11) is -5.95. The molecule has 284 valence electrons. The van der Waals surface area contributed by atoms with Crippen molar-refractivity contribution in [1.29, 1.82) is 0 Å². The van der Waals surface area contributed by atoms with Gasteiger partial charge in [-0.05, 0) is 92.9 Å². The van der Waals surface area contributed by atoms with Gasteiger partial charge in [-0.3, -0.25) is 9.59 Å². The Labute approximate surface area is 302 Å². The molecular formula is C38H72O8Si3. The van der Waals surface area contributed by atoms with Crippen LogP contribution < -0.4 is 4.74 Å². The number of carboxylic acid groups (broad SMARTS) is 1. The predicted molar refractivity (Wildman–Crippen MR) is 209 cm³/mol. The highest BCUT2D eigenvalue weighted by Crippen LogP contribution is 2.48. The molecule has 1 aromatic rings. The second-order valence-corrected chi connectivity index (χ2v) is 31.5. The number of rotatable bonds is 20. The quantitative estimate of drug-likeness (QED) is 0.132. The van der Waals surface area contributed by atoms with Crippen LogP contribution in [0.4, 0.5) is 0 Å². The Morgan fingerprint density at radius 2 is 1.20 bits per heavy atom. The van der Waals surface area contributed by atoms with E-state index in [1.165, 1.54) is 0 Å². The van der Waals surface area contributed by atoms with E-state index in [2.05, 4.69) is 88.5 Å². The van der Waals surface area contributed by atoms with Crippen LogP contribution in [0.5, 0.6) is 5.75 Å². The fourth-order valence-corrected chi connectivity index (χ4v) is 12.0. The summed E-state index contributed by atoms with van der Waals surface area (Å²) in [5.41, 5.74) is -0.318. The maximum atomic E-state index is 13.6. The highest BCUT2D eigenvalue weighted by atomic mass is 28.4. The number of hydrogen-bond donors (Lipinski definition) is 1. The fraction of sp³-hybridized carbons (Fsp3) is 0.789. The van der Waals surface area contributed by atoms with E-state index in [9.17, 15) is 14.7 Å². The maximum absolute atomic E-state index is 13.6. The van der Waals surface area contributed by atoms with Gasteiger partial charge < -0.3 is 27.9 Å². The molecule has 6 atom stereocenters. The largest absolute Gasteiger partial charge is 0.497 e. The molecular weight excluding hydrogens is 669 g/mol. The van der Waals surface area contributed by atoms with E-state index in [4.69, 9.17) is 22.8 Å². The summed E-state index contributed by atoms with van der Waals surface area (Å²) in [5.74, 6) is -1.74. The molecule has 0 bridgehead atoms. The van der Waals surface area contributed by atoms with E-state index in [0.717, 1.165) is 29.4 Å². The molecule has 8 nitrogen and oxygen atoms in total. The third kappa shape index (κ3) is 11.3. The first kappa shape index (κ1) is 45.7. The minimum absolute atomic E-state index is 0.120. The van der Waals surface area contributed by atoms with Gasteiger partial charge in [0.2, 0.25) is 0 Å². The molecule has 0 aliphatic rings. The third-order valence-corrected chi connectivity index (χ3v) is 25.4. The van der Waals surface area contributed by atoms with Gasteiger partial charge in [-0.15, -0.1) is 0 Å². The zero-order valence-corrected chi connectivity index (χ0v) is 37.3. The fourth-order valence-electron chi connectivity index (χ4n) is 6.00. The van der Waals surface area contributed by atoms with E-state index < -0.39 is 66.7 Å². The van der Waals surface area contributed by atoms with E-state index in [1.807, 2.05) is 38.1 Å². The van der Waals surface area contributed by atoms with Crippen LogP contribution in [0, 0.1) is 11.8 Å². The van der Waals surface area contributed by atoms with Crippen LogP contribution in [0.1, 0.15) is 95.6 Å². The molecule has 0 heterocycles. The summed E-state index contributed by atoms with van der Waals surface area (Å²) < 4.78 is 34.2. The zero-order chi connectivity index (χ0) is 38.4. The van der Waals surface area contributed by atoms with Crippen LogP contribution in [-0.4, -0.2) is 72.8 Å². The van der Waals surface area contributed by atoms with E-state index in [1.54, 1.807) is 21.0 Å². The topological polar surface area (TPSA) is 101 Å². The van der Waals surface area contributed by atoms with Crippen molar-refractivity contribution in [2.24, 2.45) is 11.8 Å². The molecule has 0 amide bonds. The molecule has 11 heteroatoms. The van der Waals surface area contributed by atoms with Crippen molar-refractivity contribution in [3.8, 4) is 5.75 Å². The number of carbonyl (C=O) groups excluding carboxylic acids is 1. The summed E-state index contributed by atoms with van der Waals surface area (Å²) in [6, 6.07) is 10.2. The smallest absolute Gasteiger partial charge is 0.308 e. The summed E-state index contributed by atoms with van der Waals surface area (Å²) in [5, 5.41) is 10.3. The Bertz CT molecular complexity index is 1190. The maximum Gasteiger partial charge on any atom is 0.308 e. The molecule has 0 aromatic heterocycles. The van der Waals surface area contributed by atoms with Gasteiger partial charge in [0, 0.05) is 5.92 Å². The number of hydrogen-bond acceptors (Lipinski definition) is 7. The van der Waals surface area contributed by atoms with Crippen LogP contribution in [0.25, 0.3) is 0 Å². The Hall–Kier alpha value is -1.35. The van der Waals surface area contributed by atoms with Crippen molar-refractivity contribution in [3.05, 3.63) is 29.8 Å². The first-order valence-electron chi connectivity index (χ1n) is 18.2. The van der Waals surface area contributed by atoms with Crippen LogP contribution >= 0.6 is 0 Å². The number of benzene rings is 1. The molecule has 1 N–H and O–H groups in total. The van der Waals surface area contributed by atoms with Gasteiger partial charge in [-0.1, -0.05) is 81.4 Å². The first-order chi connectivity index (χ1) is 22.2. The van der Waals surface area contributed by atoms with Crippen LogP contribution in [-0.2, 0) is 34.2 Å². The molecule has 49 heavy (non-hydrogen) atoms. The normalized spacial score (nSPS) is 17.8. The molecule has 0 radical (unpaired) electrons. The molecule has 0 spiro atoms. The van der Waals surface area contributed by atoms with Gasteiger partial charge in [0.1, 0.15) is 17.5 Å². The number of carboxylic acids is 1. The van der Waals surface area contributed by atoms with Gasteiger partial charge in [0.05, 0.1) is 31.8 Å². The monoisotopic (exact) mass is 740 g/mol. The SMILES string of the molecule is CC[Si](CC)(CC)O[C@@](C)([C@H](O[Si](C)(C)C(C)(C)C)[C@@H](C)[C@H](OCc1ccc(OC)cc1)C(C)=O)[C@@H](O[Si](C)(C)C(C)(C)C)C(C)C(=O)O. The first-order valence-corrected chi connectivity index (χ1v) is 26.6. The summed E-state index contributed by atoms with van der Waals surface area (Å²) >= 11 is 0. The van der Waals surface area contributed by atoms with Crippen molar-refractivity contribution < 1.29 is 37.4 Å². The molecule has 0 saturated heterocycles. The van der Waals surface area contributed by atoms with Gasteiger partial charge in [-0.2, -0.15) is 0 Å². The molecule has 0 aliphatic heterocycles. The Kier molecular flexibility index (Phi) is 16.3. The van der Waals surface area contributed by atoms with Crippen molar-refractivity contribution in [2.45, 2.75) is 175 Å². The van der Waals surface area contributed by atoms with Crippen molar-refractivity contribution in [2.75, 3.05) is 7.11 Å². The lowest BCUT2D eigenvalue weighted by molar-refractivity contribution is -0.176. The number of carbonyl (C=O) groups is 2. The lowest BCUT2D eigenvalue weighted by atomic mass is 9.78. The van der Waals surface area contributed by atoms with Crippen molar-refractivity contribution in [1.82, 2.24) is 0 Å². The minimum atomic E-state index is -2.57. The Balaban J connectivity index is 4.18. The zero-order valence-electron chi connectivity index (χ0n) is 34.3. The molecule has 1 aromatic carbocycles. The van der Waals surface area contributed by atoms with Gasteiger partial charge in [0.15, 0.2) is 30.7 Å². The van der Waals surface area contributed by atoms with E-state index in [-0.39, 0.29) is 22.5 Å². The highest BCUT2D eigenvalue weighted by Gasteiger charge is 2.58. The van der Waals surface area contributed by atoms with Gasteiger partial charge in [0.25, 0.3) is 0 Å². The lowest BCUT2D eigenvalue weighted by Gasteiger charge is -2.56. The predicted octanol–water partition coefficient (Wildman–Crippen LogP) is 10.1. The average Bonchev–Trinajstić information content (AvgIpc) is 3.00. The lowest BCUT2D eigenvalue weighted by Crippen LogP contribution is -2.68. The van der Waals surface area contributed by atoms with Crippen LogP contribution in [0.3, 0.4) is 0 Å². The Morgan fingerprint density at radius 3 is 1.55 bits per heavy atom. The second-order valence-electron chi connectivity index (χ2n) is 17.3. The molecule has 0 fully saturated rings. The Morgan fingerprint density at radius 1 is 0.776 bits per heavy atom. The molecule has 1 unspecified atom stereocenters. The summed E-state index contributed by atoms with van der Waals surface area (Å²) in [4.78, 5) is 26.6. The standard InChI is InChI=1S/C38H72O8Si3/c1-19-49(20-2,21-3)46-38(13,34(28(5)35(40)41)45-48(17,18)37(10,11)12)33(44-47(15,16)36(7,8)9)27(4)32(29(6)39)43-26-30-22-24-31(42-14)25-23-30/h22-25,27-28,32-34H,19-21,26H2,1-18H3,(H,40,41)/t27-,28?,32-,33+,34-,38-/m0/s1. The van der Waals surface area contributed by atoms with E-state index in [0.29, 0.717) is 0 Å². The number of methoxy groups -OCH3 is 1. The third-order valence-electron chi connectivity index (χ3n) is 11.7. The number of aliphatic carboxylic acids is 1. The molecule has 0 saturated carbocycles. The van der Waals surface area contributed by atoms with Crippen molar-refractivity contribution in [3.63, 3.8) is 0 Å². The van der Waals surface area contributed by atoms with Crippen molar-refractivity contribution >= 4 is 36.7 Å². The number of Topliss-reactive ketones (excluding diaryl/α,β-unsaturated/α-hetero) is 1. The highest BCUT2D eigenvalue weighted by molar-refractivity contribution is 6.75. The minimum Gasteiger partial charge on any atom is -0.497 e. The summed E-state index contributed by atoms with van der Waals surface area (Å²) in [6.07, 6.45) is -2.41. The number of ketones is 1. The van der Waals surface area contributed by atoms with E-state index >= 15 is 0 Å². The van der Waals surface area contributed by atoms with Crippen LogP contribution in [0.15, 0.2) is 24.3 Å². The molecule has 0 aliphatic carbocycles. The number of ether oxygens (including phenoxy) is 2. The van der Waals surface area contributed by atoms with Crippen LogP contribution in [0.2, 0.25) is 54.4 Å². The second kappa shape index (κ2) is 17.4. The average molecular weight is 741 g/mol. The van der Waals surface area contributed by atoms with Gasteiger partial charge in [-0.25, -0.2) is 0 Å². The van der Waals surface area contributed by atoms with Gasteiger partial charge >= 0.3 is 5.97 Å². The summed E-state index contributed by atoms with van der Waals surface area (Å²) in [6.45, 7) is 35.8.